The largest absolute Gasteiger partial charge is 0.466 e. The summed E-state index contributed by atoms with van der Waals surface area (Å²) < 4.78 is 4.69. The van der Waals surface area contributed by atoms with Gasteiger partial charge in [0.25, 0.3) is 0 Å². The van der Waals surface area contributed by atoms with E-state index in [1.165, 1.54) is 24.3 Å². The minimum atomic E-state index is -1.26. The number of oxime groups is 1. The van der Waals surface area contributed by atoms with Gasteiger partial charge in [0, 0.05) is 5.56 Å². The van der Waals surface area contributed by atoms with Crippen LogP contribution < -0.4 is 5.73 Å². The van der Waals surface area contributed by atoms with Crippen molar-refractivity contribution in [1.29, 1.82) is 0 Å². The van der Waals surface area contributed by atoms with Crippen molar-refractivity contribution in [3.05, 3.63) is 35.4 Å². The highest BCUT2D eigenvalue weighted by Gasteiger charge is 2.22. The van der Waals surface area contributed by atoms with Gasteiger partial charge in [0.1, 0.15) is 6.10 Å². The predicted octanol–water partition coefficient (Wildman–Crippen LogP) is 0.129. The van der Waals surface area contributed by atoms with Gasteiger partial charge in [-0.25, -0.2) is 0 Å². The number of amidine groups is 1. The Bertz CT molecular complexity index is 472. The van der Waals surface area contributed by atoms with Gasteiger partial charge in [-0.3, -0.25) is 4.79 Å². The Balaban J connectivity index is 2.72. The van der Waals surface area contributed by atoms with Crippen LogP contribution in [0.5, 0.6) is 0 Å². The number of hydrogen-bond donors (Lipinski definition) is 4. The molecule has 0 heterocycles. The molecular formula is C13H18N2O5. The average Bonchev–Trinajstić information content (AvgIpc) is 2.46. The molecule has 0 bridgehead atoms. The van der Waals surface area contributed by atoms with Crippen LogP contribution in [0.25, 0.3) is 0 Å². The molecule has 2 atom stereocenters. The average molecular weight is 282 g/mol. The summed E-state index contributed by atoms with van der Waals surface area (Å²) in [5, 5.41) is 31.1. The van der Waals surface area contributed by atoms with Gasteiger partial charge in [0.2, 0.25) is 0 Å². The van der Waals surface area contributed by atoms with Crippen LogP contribution in [-0.4, -0.2) is 39.9 Å². The van der Waals surface area contributed by atoms with Crippen molar-refractivity contribution >= 4 is 11.8 Å². The summed E-state index contributed by atoms with van der Waals surface area (Å²) in [5.74, 6) is -0.634. The molecule has 7 heteroatoms. The van der Waals surface area contributed by atoms with Crippen LogP contribution in [0, 0.1) is 0 Å². The molecule has 2 unspecified atom stereocenters. The van der Waals surface area contributed by atoms with E-state index < -0.39 is 18.2 Å². The van der Waals surface area contributed by atoms with Crippen LogP contribution in [0.3, 0.4) is 0 Å². The van der Waals surface area contributed by atoms with E-state index in [9.17, 15) is 15.0 Å². The van der Waals surface area contributed by atoms with Gasteiger partial charge in [-0.15, -0.1) is 0 Å². The van der Waals surface area contributed by atoms with Crippen molar-refractivity contribution in [3.63, 3.8) is 0 Å². The van der Waals surface area contributed by atoms with Gasteiger partial charge in [-0.1, -0.05) is 29.4 Å². The molecule has 7 nitrogen and oxygen atoms in total. The van der Waals surface area contributed by atoms with Gasteiger partial charge in [0.05, 0.1) is 19.1 Å². The second kappa shape index (κ2) is 7.46. The number of ether oxygens (including phenoxy) is 1. The summed E-state index contributed by atoms with van der Waals surface area (Å²) in [4.78, 5) is 11.2. The number of aliphatic hydroxyl groups excluding tert-OH is 2. The van der Waals surface area contributed by atoms with E-state index >= 15 is 0 Å². The fraction of sp³-hybridized carbons (Fsp3) is 0.385. The first-order valence-electron chi connectivity index (χ1n) is 6.09. The van der Waals surface area contributed by atoms with Crippen LogP contribution in [0.1, 0.15) is 30.6 Å². The van der Waals surface area contributed by atoms with E-state index in [1.807, 2.05) is 0 Å². The Kier molecular flexibility index (Phi) is 5.95. The first kappa shape index (κ1) is 15.9. The van der Waals surface area contributed by atoms with Crippen molar-refractivity contribution in [1.82, 2.24) is 0 Å². The highest BCUT2D eigenvalue weighted by atomic mass is 16.5. The zero-order chi connectivity index (χ0) is 15.1. The second-order valence-electron chi connectivity index (χ2n) is 4.13. The first-order chi connectivity index (χ1) is 9.49. The van der Waals surface area contributed by atoms with Crippen molar-refractivity contribution in [3.8, 4) is 0 Å². The number of carbonyl (C=O) groups excluding carboxylic acids is 1. The molecule has 1 aromatic carbocycles. The molecule has 0 amide bonds. The SMILES string of the molecule is CCOC(=O)CC(O)C(O)c1ccc(C(N)=NO)cc1. The van der Waals surface area contributed by atoms with Crippen molar-refractivity contribution in [2.75, 3.05) is 6.61 Å². The molecule has 0 aliphatic carbocycles. The van der Waals surface area contributed by atoms with E-state index in [2.05, 4.69) is 5.16 Å². The van der Waals surface area contributed by atoms with Gasteiger partial charge in [-0.05, 0) is 12.5 Å². The van der Waals surface area contributed by atoms with E-state index in [-0.39, 0.29) is 18.9 Å². The molecule has 0 aromatic heterocycles. The first-order valence-corrected chi connectivity index (χ1v) is 6.09. The van der Waals surface area contributed by atoms with Crippen LogP contribution in [0.15, 0.2) is 29.4 Å². The third kappa shape index (κ3) is 4.22. The minimum absolute atomic E-state index is 0.0573. The van der Waals surface area contributed by atoms with Crippen LogP contribution >= 0.6 is 0 Å². The second-order valence-corrected chi connectivity index (χ2v) is 4.13. The Labute approximate surface area is 116 Å². The summed E-state index contributed by atoms with van der Waals surface area (Å²) in [6, 6.07) is 6.11. The normalized spacial score (nSPS) is 14.7. The van der Waals surface area contributed by atoms with E-state index in [0.29, 0.717) is 11.1 Å². The standard InChI is InChI=1S/C13H18N2O5/c1-2-20-11(17)7-10(16)12(18)8-3-5-9(6-4-8)13(14)15-19/h3-6,10,12,16,18-19H,2,7H2,1H3,(H2,14,15). The lowest BCUT2D eigenvalue weighted by Gasteiger charge is -2.17. The molecule has 0 aliphatic heterocycles. The van der Waals surface area contributed by atoms with Gasteiger partial charge < -0.3 is 25.9 Å². The molecule has 0 spiro atoms. The molecule has 0 saturated heterocycles. The summed E-state index contributed by atoms with van der Waals surface area (Å²) in [7, 11) is 0. The Morgan fingerprint density at radius 3 is 2.45 bits per heavy atom. The molecule has 0 radical (unpaired) electrons. The number of nitrogens with zero attached hydrogens (tertiary/aromatic N) is 1. The van der Waals surface area contributed by atoms with Gasteiger partial charge in [0.15, 0.2) is 5.84 Å². The smallest absolute Gasteiger partial charge is 0.308 e. The summed E-state index contributed by atoms with van der Waals surface area (Å²) in [6.07, 6.45) is -2.78. The van der Waals surface area contributed by atoms with Crippen LogP contribution in [0.4, 0.5) is 0 Å². The van der Waals surface area contributed by atoms with E-state index in [1.54, 1.807) is 6.92 Å². The Morgan fingerprint density at radius 2 is 1.95 bits per heavy atom. The van der Waals surface area contributed by atoms with E-state index in [0.717, 1.165) is 0 Å². The molecule has 1 aromatic rings. The maximum absolute atomic E-state index is 11.2. The number of carbonyl (C=O) groups is 1. The monoisotopic (exact) mass is 282 g/mol. The Morgan fingerprint density at radius 1 is 1.35 bits per heavy atom. The summed E-state index contributed by atoms with van der Waals surface area (Å²) in [6.45, 7) is 1.88. The van der Waals surface area contributed by atoms with Gasteiger partial charge >= 0.3 is 5.97 Å². The quantitative estimate of drug-likeness (QED) is 0.193. The number of aliphatic hydroxyl groups is 2. The third-order valence-electron chi connectivity index (χ3n) is 2.70. The molecule has 5 N–H and O–H groups in total. The molecule has 110 valence electrons. The molecule has 1 rings (SSSR count). The highest BCUT2D eigenvalue weighted by molar-refractivity contribution is 5.96. The number of rotatable bonds is 6. The predicted molar refractivity (Wildman–Crippen MR) is 71.2 cm³/mol. The Hall–Kier alpha value is -2.12. The number of esters is 1. The van der Waals surface area contributed by atoms with E-state index in [4.69, 9.17) is 15.7 Å². The lowest BCUT2D eigenvalue weighted by atomic mass is 10.0. The van der Waals surface area contributed by atoms with Crippen LogP contribution in [-0.2, 0) is 9.53 Å². The van der Waals surface area contributed by atoms with Crippen molar-refractivity contribution in [2.45, 2.75) is 25.6 Å². The van der Waals surface area contributed by atoms with Crippen molar-refractivity contribution < 1.29 is 25.0 Å². The van der Waals surface area contributed by atoms with Crippen molar-refractivity contribution in [2.24, 2.45) is 10.9 Å². The van der Waals surface area contributed by atoms with Crippen LogP contribution in [0.2, 0.25) is 0 Å². The zero-order valence-electron chi connectivity index (χ0n) is 11.1. The molecule has 0 aliphatic rings. The molecule has 20 heavy (non-hydrogen) atoms. The summed E-state index contributed by atoms with van der Waals surface area (Å²) in [5.41, 5.74) is 6.29. The zero-order valence-corrected chi connectivity index (χ0v) is 11.1. The molecular weight excluding hydrogens is 264 g/mol. The lowest BCUT2D eigenvalue weighted by Crippen LogP contribution is -2.23. The maximum atomic E-state index is 11.2. The highest BCUT2D eigenvalue weighted by Crippen LogP contribution is 2.19. The minimum Gasteiger partial charge on any atom is -0.466 e. The molecule has 0 fully saturated rings. The number of hydrogen-bond acceptors (Lipinski definition) is 6. The number of benzene rings is 1. The third-order valence-corrected chi connectivity index (χ3v) is 2.70. The topological polar surface area (TPSA) is 125 Å². The maximum Gasteiger partial charge on any atom is 0.308 e. The fourth-order valence-electron chi connectivity index (χ4n) is 1.63. The molecule has 0 saturated carbocycles. The summed E-state index contributed by atoms with van der Waals surface area (Å²) >= 11 is 0. The van der Waals surface area contributed by atoms with Gasteiger partial charge in [-0.2, -0.15) is 0 Å². The lowest BCUT2D eigenvalue weighted by molar-refractivity contribution is -0.147. The number of nitrogens with two attached hydrogens (primary N) is 1. The fourth-order valence-corrected chi connectivity index (χ4v) is 1.63.